The average molecular weight is 579 g/mol. The van der Waals surface area contributed by atoms with Crippen molar-refractivity contribution in [2.45, 2.75) is 18.6 Å². The summed E-state index contributed by atoms with van der Waals surface area (Å²) in [6.07, 6.45) is 5.14. The molecule has 2 heterocycles. The smallest absolute Gasteiger partial charge is 0.243 e. The lowest BCUT2D eigenvalue weighted by atomic mass is 10.1. The minimum absolute atomic E-state index is 0.00487. The third-order valence-corrected chi connectivity index (χ3v) is 7.47. The van der Waals surface area contributed by atoms with Gasteiger partial charge in [0.25, 0.3) is 0 Å². The van der Waals surface area contributed by atoms with E-state index in [1.807, 2.05) is 73.8 Å². The largest absolute Gasteiger partial charge is 0.494 e. The van der Waals surface area contributed by atoms with Crippen molar-refractivity contribution < 1.29 is 14.3 Å². The minimum atomic E-state index is -0.623. The lowest BCUT2D eigenvalue weighted by Gasteiger charge is -2.13. The predicted molar refractivity (Wildman–Crippen MR) is 168 cm³/mol. The quantitative estimate of drug-likeness (QED) is 0.138. The van der Waals surface area contributed by atoms with Crippen LogP contribution in [0.25, 0.3) is 16.9 Å². The summed E-state index contributed by atoms with van der Waals surface area (Å²) in [5, 5.41) is 16.1. The molecule has 1 aliphatic rings. The second kappa shape index (κ2) is 13.6. The van der Waals surface area contributed by atoms with Gasteiger partial charge in [-0.3, -0.25) is 14.5 Å². The first-order chi connectivity index (χ1) is 20.6. The molecule has 0 saturated carbocycles. The second-order valence-corrected chi connectivity index (χ2v) is 10.4. The number of ether oxygens (including phenoxy) is 1. The molecule has 1 fully saturated rings. The van der Waals surface area contributed by atoms with E-state index in [0.717, 1.165) is 28.3 Å². The average Bonchev–Trinajstić information content (AvgIpc) is 3.56. The number of hydrogen-bond donors (Lipinski definition) is 1. The molecule has 1 aliphatic heterocycles. The SMILES string of the molecule is C=CCN1C(=O)C(CC(=O)Nc2ccc(OCC)cc2)S/C1=N\N=C\c1cn(-c2ccccc2)nc1-c1ccccc1. The van der Waals surface area contributed by atoms with E-state index in [1.165, 1.54) is 16.7 Å². The maximum atomic E-state index is 13.2. The fourth-order valence-electron chi connectivity index (χ4n) is 4.35. The zero-order valence-electron chi connectivity index (χ0n) is 23.1. The van der Waals surface area contributed by atoms with E-state index in [1.54, 1.807) is 41.2 Å². The highest BCUT2D eigenvalue weighted by molar-refractivity contribution is 8.15. The molecule has 1 N–H and O–H groups in total. The van der Waals surface area contributed by atoms with Crippen molar-refractivity contribution >= 4 is 40.6 Å². The molecule has 9 nitrogen and oxygen atoms in total. The van der Waals surface area contributed by atoms with Gasteiger partial charge in [0.15, 0.2) is 5.17 Å². The zero-order chi connectivity index (χ0) is 29.3. The molecule has 42 heavy (non-hydrogen) atoms. The summed E-state index contributed by atoms with van der Waals surface area (Å²) in [6.45, 7) is 6.50. The molecule has 10 heteroatoms. The van der Waals surface area contributed by atoms with Gasteiger partial charge in [0.1, 0.15) is 16.7 Å². The maximum Gasteiger partial charge on any atom is 0.243 e. The van der Waals surface area contributed by atoms with E-state index < -0.39 is 5.25 Å². The third kappa shape index (κ3) is 6.84. The first-order valence-electron chi connectivity index (χ1n) is 13.5. The number of hydrogen-bond acceptors (Lipinski definition) is 7. The van der Waals surface area contributed by atoms with E-state index in [9.17, 15) is 9.59 Å². The highest BCUT2D eigenvalue weighted by Gasteiger charge is 2.38. The van der Waals surface area contributed by atoms with E-state index in [4.69, 9.17) is 9.84 Å². The number of thioether (sulfide) groups is 1. The van der Waals surface area contributed by atoms with Crippen molar-refractivity contribution in [3.63, 3.8) is 0 Å². The Morgan fingerprint density at radius 2 is 1.79 bits per heavy atom. The highest BCUT2D eigenvalue weighted by Crippen LogP contribution is 2.30. The number of rotatable bonds is 11. The Labute approximate surface area is 248 Å². The van der Waals surface area contributed by atoms with Crippen LogP contribution >= 0.6 is 11.8 Å². The van der Waals surface area contributed by atoms with Gasteiger partial charge in [-0.25, -0.2) is 4.68 Å². The summed E-state index contributed by atoms with van der Waals surface area (Å²) < 4.78 is 7.24. The molecule has 0 aliphatic carbocycles. The van der Waals surface area contributed by atoms with Crippen molar-refractivity contribution in [3.8, 4) is 22.7 Å². The first-order valence-corrected chi connectivity index (χ1v) is 14.4. The summed E-state index contributed by atoms with van der Waals surface area (Å²) in [6, 6.07) is 26.8. The van der Waals surface area contributed by atoms with Crippen LogP contribution < -0.4 is 10.1 Å². The van der Waals surface area contributed by atoms with Crippen LogP contribution in [0.4, 0.5) is 5.69 Å². The van der Waals surface area contributed by atoms with E-state index in [0.29, 0.717) is 17.5 Å². The van der Waals surface area contributed by atoms with Crippen molar-refractivity contribution in [2.75, 3.05) is 18.5 Å². The molecule has 0 radical (unpaired) electrons. The van der Waals surface area contributed by atoms with Crippen molar-refractivity contribution in [3.05, 3.63) is 109 Å². The second-order valence-electron chi connectivity index (χ2n) is 9.26. The van der Waals surface area contributed by atoms with Crippen LogP contribution in [0.3, 0.4) is 0 Å². The molecule has 1 unspecified atom stereocenters. The summed E-state index contributed by atoms with van der Waals surface area (Å²) in [5.41, 5.74) is 4.01. The Morgan fingerprint density at radius 1 is 1.07 bits per heavy atom. The van der Waals surface area contributed by atoms with Gasteiger partial charge in [0, 0.05) is 36.0 Å². The molecule has 0 spiro atoms. The Kier molecular flexibility index (Phi) is 9.25. The summed E-state index contributed by atoms with van der Waals surface area (Å²) in [4.78, 5) is 27.4. The number of carbonyl (C=O) groups is 2. The van der Waals surface area contributed by atoms with Crippen molar-refractivity contribution in [1.29, 1.82) is 0 Å². The number of para-hydroxylation sites is 1. The van der Waals surface area contributed by atoms with Crippen LogP contribution in [0, 0.1) is 0 Å². The van der Waals surface area contributed by atoms with Crippen LogP contribution in [0.1, 0.15) is 18.9 Å². The molecular weight excluding hydrogens is 548 g/mol. The molecule has 1 aromatic heterocycles. The number of aromatic nitrogens is 2. The van der Waals surface area contributed by atoms with Gasteiger partial charge in [0.2, 0.25) is 11.8 Å². The lowest BCUT2D eigenvalue weighted by molar-refractivity contribution is -0.127. The number of anilines is 1. The fraction of sp³-hybridized carbons (Fsp3) is 0.156. The predicted octanol–water partition coefficient (Wildman–Crippen LogP) is 5.79. The van der Waals surface area contributed by atoms with E-state index in [2.05, 4.69) is 22.1 Å². The zero-order valence-corrected chi connectivity index (χ0v) is 23.9. The normalized spacial score (nSPS) is 15.8. The third-order valence-electron chi connectivity index (χ3n) is 6.30. The monoisotopic (exact) mass is 578 g/mol. The molecule has 212 valence electrons. The maximum absolute atomic E-state index is 13.2. The van der Waals surface area contributed by atoms with Crippen LogP contribution in [-0.2, 0) is 9.59 Å². The summed E-state index contributed by atoms with van der Waals surface area (Å²) in [5.74, 6) is 0.244. The fourth-order valence-corrected chi connectivity index (χ4v) is 5.45. The Morgan fingerprint density at radius 3 is 2.48 bits per heavy atom. The summed E-state index contributed by atoms with van der Waals surface area (Å²) in [7, 11) is 0. The highest BCUT2D eigenvalue weighted by atomic mass is 32.2. The Bertz CT molecular complexity index is 1600. The molecule has 4 aromatic rings. The first kappa shape index (κ1) is 28.6. The summed E-state index contributed by atoms with van der Waals surface area (Å²) >= 11 is 1.22. The van der Waals surface area contributed by atoms with Gasteiger partial charge >= 0.3 is 0 Å². The van der Waals surface area contributed by atoms with Crippen LogP contribution in [0.5, 0.6) is 5.75 Å². The standard InChI is InChI=1S/C32H30N6O3S/c1-3-19-37-31(40)28(20-29(39)34-25-15-17-27(18-16-25)41-4-2)42-32(37)35-33-21-24-22-38(26-13-9-6-10-14-26)36-30(24)23-11-7-5-8-12-23/h3,5-18,21-22,28H,1,4,19-20H2,2H3,(H,34,39)/b33-21+,35-32-. The van der Waals surface area contributed by atoms with Gasteiger partial charge in [-0.2, -0.15) is 10.2 Å². The topological polar surface area (TPSA) is 101 Å². The van der Waals surface area contributed by atoms with Gasteiger partial charge in [-0.1, -0.05) is 66.4 Å². The van der Waals surface area contributed by atoms with Crippen LogP contribution in [-0.4, -0.2) is 56.3 Å². The number of amides is 2. The van der Waals surface area contributed by atoms with Crippen molar-refractivity contribution in [2.24, 2.45) is 10.2 Å². The van der Waals surface area contributed by atoms with Crippen LogP contribution in [0.2, 0.25) is 0 Å². The Balaban J connectivity index is 1.33. The van der Waals surface area contributed by atoms with Crippen LogP contribution in [0.15, 0.2) is 114 Å². The van der Waals surface area contributed by atoms with Gasteiger partial charge < -0.3 is 10.1 Å². The lowest BCUT2D eigenvalue weighted by Crippen LogP contribution is -2.33. The molecule has 5 rings (SSSR count). The number of nitrogens with zero attached hydrogens (tertiary/aromatic N) is 5. The van der Waals surface area contributed by atoms with Gasteiger partial charge in [-0.05, 0) is 43.3 Å². The molecule has 1 atom stereocenters. The molecule has 2 amide bonds. The van der Waals surface area contributed by atoms with E-state index >= 15 is 0 Å². The molecule has 3 aromatic carbocycles. The number of nitrogens with one attached hydrogen (secondary N) is 1. The molecule has 1 saturated heterocycles. The number of amidine groups is 1. The van der Waals surface area contributed by atoms with Gasteiger partial charge in [0.05, 0.1) is 18.5 Å². The Hall–Kier alpha value is -4.96. The van der Waals surface area contributed by atoms with E-state index in [-0.39, 0.29) is 24.8 Å². The molecular formula is C32H30N6O3S. The van der Waals surface area contributed by atoms with Crippen molar-refractivity contribution in [1.82, 2.24) is 14.7 Å². The number of carbonyl (C=O) groups excluding carboxylic acids is 2. The minimum Gasteiger partial charge on any atom is -0.494 e. The van der Waals surface area contributed by atoms with Gasteiger partial charge in [-0.15, -0.1) is 11.7 Å². The number of benzene rings is 3. The molecule has 0 bridgehead atoms.